The quantitative estimate of drug-likeness (QED) is 0.896. The molecule has 1 aromatic rings. The van der Waals surface area contributed by atoms with Crippen LogP contribution in [0.3, 0.4) is 0 Å². The maximum absolute atomic E-state index is 4.66. The molecule has 1 atom stereocenters. The lowest BCUT2D eigenvalue weighted by atomic mass is 10.2. The Hall–Kier alpha value is -1.36. The van der Waals surface area contributed by atoms with Gasteiger partial charge in [-0.25, -0.2) is 4.98 Å². The third-order valence-corrected chi connectivity index (χ3v) is 3.50. The Kier molecular flexibility index (Phi) is 4.58. The van der Waals surface area contributed by atoms with Gasteiger partial charge in [0, 0.05) is 44.0 Å². The van der Waals surface area contributed by atoms with Crippen LogP contribution in [0.5, 0.6) is 0 Å². The highest BCUT2D eigenvalue weighted by Gasteiger charge is 2.23. The minimum Gasteiger partial charge on any atom is -0.354 e. The van der Waals surface area contributed by atoms with E-state index < -0.39 is 0 Å². The number of likely N-dealkylation sites (N-methyl/N-ethyl adjacent to an activating group) is 1. The zero-order valence-corrected chi connectivity index (χ0v) is 12.5. The molecular formula is C14H25N5. The van der Waals surface area contributed by atoms with Crippen LogP contribution in [0, 0.1) is 6.92 Å². The fraction of sp³-hybridized carbons (Fsp3) is 0.714. The molecule has 2 rings (SSSR count). The van der Waals surface area contributed by atoms with Gasteiger partial charge in [0.2, 0.25) is 5.95 Å². The zero-order valence-electron chi connectivity index (χ0n) is 12.5. The molecule has 0 radical (unpaired) electrons. The Morgan fingerprint density at radius 1 is 1.37 bits per heavy atom. The van der Waals surface area contributed by atoms with Crippen LogP contribution in [0.25, 0.3) is 0 Å². The number of nitrogens with one attached hydrogen (secondary N) is 1. The zero-order chi connectivity index (χ0) is 13.8. The number of aryl methyl sites for hydroxylation is 1. The van der Waals surface area contributed by atoms with Crippen molar-refractivity contribution in [2.24, 2.45) is 0 Å². The molecule has 1 aliphatic rings. The van der Waals surface area contributed by atoms with E-state index in [9.17, 15) is 0 Å². The number of piperazine rings is 1. The van der Waals surface area contributed by atoms with Crippen LogP contribution >= 0.6 is 0 Å². The molecule has 5 nitrogen and oxygen atoms in total. The van der Waals surface area contributed by atoms with Gasteiger partial charge in [0.25, 0.3) is 0 Å². The second-order valence-electron chi connectivity index (χ2n) is 5.42. The molecular weight excluding hydrogens is 238 g/mol. The van der Waals surface area contributed by atoms with Gasteiger partial charge in [-0.05, 0) is 27.3 Å². The van der Waals surface area contributed by atoms with E-state index >= 15 is 0 Å². The molecule has 0 aliphatic carbocycles. The number of anilines is 2. The first-order valence-electron chi connectivity index (χ1n) is 7.15. The van der Waals surface area contributed by atoms with Crippen molar-refractivity contribution in [1.29, 1.82) is 0 Å². The van der Waals surface area contributed by atoms with E-state index in [1.54, 1.807) is 0 Å². The third-order valence-electron chi connectivity index (χ3n) is 3.50. The Morgan fingerprint density at radius 2 is 2.16 bits per heavy atom. The van der Waals surface area contributed by atoms with Gasteiger partial charge >= 0.3 is 0 Å². The van der Waals surface area contributed by atoms with Crippen LogP contribution in [0.2, 0.25) is 0 Å². The topological polar surface area (TPSA) is 44.3 Å². The summed E-state index contributed by atoms with van der Waals surface area (Å²) in [5.74, 6) is 1.80. The van der Waals surface area contributed by atoms with E-state index in [-0.39, 0.29) is 0 Å². The van der Waals surface area contributed by atoms with Gasteiger partial charge in [-0.1, -0.05) is 6.92 Å². The molecule has 1 unspecified atom stereocenters. The molecule has 1 N–H and O–H groups in total. The fourth-order valence-electron chi connectivity index (χ4n) is 2.50. The molecule has 5 heteroatoms. The average Bonchev–Trinajstić information content (AvgIpc) is 2.35. The van der Waals surface area contributed by atoms with Crippen molar-refractivity contribution in [2.45, 2.75) is 33.2 Å². The Balaban J connectivity index is 2.16. The first-order valence-corrected chi connectivity index (χ1v) is 7.15. The summed E-state index contributed by atoms with van der Waals surface area (Å²) in [6.45, 7) is 10.6. The predicted octanol–water partition coefficient (Wildman–Crippen LogP) is 1.75. The van der Waals surface area contributed by atoms with Crippen LogP contribution in [0.4, 0.5) is 11.8 Å². The number of aromatic nitrogens is 2. The molecule has 19 heavy (non-hydrogen) atoms. The van der Waals surface area contributed by atoms with E-state index in [2.05, 4.69) is 52.0 Å². The monoisotopic (exact) mass is 263 g/mol. The van der Waals surface area contributed by atoms with Crippen molar-refractivity contribution in [2.75, 3.05) is 43.4 Å². The molecule has 1 saturated heterocycles. The standard InChI is InChI=1S/C14H25N5/c1-5-6-15-14-16-11(2)9-13(17-14)19-8-7-18(4)10-12(19)3/h9,12H,5-8,10H2,1-4H3,(H,15,16,17). The van der Waals surface area contributed by atoms with Gasteiger partial charge in [-0.15, -0.1) is 0 Å². The molecule has 0 amide bonds. The summed E-state index contributed by atoms with van der Waals surface area (Å²) in [7, 11) is 2.17. The van der Waals surface area contributed by atoms with Gasteiger partial charge in [-0.3, -0.25) is 0 Å². The SMILES string of the molecule is CCCNc1nc(C)cc(N2CCN(C)CC2C)n1. The molecule has 1 aromatic heterocycles. The van der Waals surface area contributed by atoms with Crippen molar-refractivity contribution >= 4 is 11.8 Å². The van der Waals surface area contributed by atoms with Crippen LogP contribution < -0.4 is 10.2 Å². The second-order valence-corrected chi connectivity index (χ2v) is 5.42. The Morgan fingerprint density at radius 3 is 2.84 bits per heavy atom. The molecule has 0 spiro atoms. The van der Waals surface area contributed by atoms with Gasteiger partial charge < -0.3 is 15.1 Å². The summed E-state index contributed by atoms with van der Waals surface area (Å²) >= 11 is 0. The van der Waals surface area contributed by atoms with Crippen molar-refractivity contribution in [1.82, 2.24) is 14.9 Å². The molecule has 2 heterocycles. The minimum absolute atomic E-state index is 0.493. The van der Waals surface area contributed by atoms with E-state index in [0.29, 0.717) is 6.04 Å². The molecule has 1 aliphatic heterocycles. The van der Waals surface area contributed by atoms with Gasteiger partial charge in [0.05, 0.1) is 0 Å². The highest BCUT2D eigenvalue weighted by Crippen LogP contribution is 2.20. The van der Waals surface area contributed by atoms with Crippen molar-refractivity contribution in [3.05, 3.63) is 11.8 Å². The lowest BCUT2D eigenvalue weighted by Gasteiger charge is -2.39. The number of hydrogen-bond acceptors (Lipinski definition) is 5. The largest absolute Gasteiger partial charge is 0.354 e. The summed E-state index contributed by atoms with van der Waals surface area (Å²) < 4.78 is 0. The van der Waals surface area contributed by atoms with Crippen LogP contribution in [0.1, 0.15) is 26.0 Å². The van der Waals surface area contributed by atoms with Gasteiger partial charge in [-0.2, -0.15) is 4.98 Å². The Bertz CT molecular complexity index is 420. The van der Waals surface area contributed by atoms with Crippen molar-refractivity contribution in [3.8, 4) is 0 Å². The summed E-state index contributed by atoms with van der Waals surface area (Å²) in [4.78, 5) is 13.8. The average molecular weight is 263 g/mol. The van der Waals surface area contributed by atoms with E-state index in [1.165, 1.54) is 0 Å². The second kappa shape index (κ2) is 6.19. The number of rotatable bonds is 4. The van der Waals surface area contributed by atoms with Crippen LogP contribution in [-0.2, 0) is 0 Å². The highest BCUT2D eigenvalue weighted by molar-refractivity contribution is 5.46. The third kappa shape index (κ3) is 3.56. The van der Waals surface area contributed by atoms with E-state index in [1.807, 2.05) is 6.92 Å². The molecule has 0 aromatic carbocycles. The van der Waals surface area contributed by atoms with Crippen molar-refractivity contribution < 1.29 is 0 Å². The van der Waals surface area contributed by atoms with Crippen LogP contribution in [0.15, 0.2) is 6.07 Å². The lowest BCUT2D eigenvalue weighted by molar-refractivity contribution is 0.274. The highest BCUT2D eigenvalue weighted by atomic mass is 15.3. The summed E-state index contributed by atoms with van der Waals surface area (Å²) in [5.41, 5.74) is 1.02. The first kappa shape index (κ1) is 14.1. The maximum Gasteiger partial charge on any atom is 0.224 e. The lowest BCUT2D eigenvalue weighted by Crippen LogP contribution is -2.50. The number of hydrogen-bond donors (Lipinski definition) is 1. The van der Waals surface area contributed by atoms with Gasteiger partial charge in [0.15, 0.2) is 0 Å². The predicted molar refractivity (Wildman–Crippen MR) is 79.9 cm³/mol. The number of nitrogens with zero attached hydrogens (tertiary/aromatic N) is 4. The molecule has 106 valence electrons. The van der Waals surface area contributed by atoms with E-state index in [0.717, 1.165) is 50.1 Å². The van der Waals surface area contributed by atoms with Gasteiger partial charge in [0.1, 0.15) is 5.82 Å². The minimum atomic E-state index is 0.493. The molecule has 1 fully saturated rings. The summed E-state index contributed by atoms with van der Waals surface area (Å²) in [6, 6.07) is 2.57. The fourth-order valence-corrected chi connectivity index (χ4v) is 2.50. The van der Waals surface area contributed by atoms with Crippen molar-refractivity contribution in [3.63, 3.8) is 0 Å². The van der Waals surface area contributed by atoms with Crippen LogP contribution in [-0.4, -0.2) is 54.1 Å². The smallest absolute Gasteiger partial charge is 0.224 e. The maximum atomic E-state index is 4.66. The molecule has 0 saturated carbocycles. The molecule has 0 bridgehead atoms. The summed E-state index contributed by atoms with van der Waals surface area (Å²) in [5, 5.41) is 3.28. The summed E-state index contributed by atoms with van der Waals surface area (Å²) in [6.07, 6.45) is 1.08. The first-order chi connectivity index (χ1) is 9.10. The normalized spacial score (nSPS) is 20.6. The van der Waals surface area contributed by atoms with E-state index in [4.69, 9.17) is 0 Å². The Labute approximate surface area is 116 Å².